The summed E-state index contributed by atoms with van der Waals surface area (Å²) in [6.07, 6.45) is 2.63. The second kappa shape index (κ2) is 7.55. The number of carbonyl (C=O) groups excluding carboxylic acids is 1. The van der Waals surface area contributed by atoms with Gasteiger partial charge in [-0.15, -0.1) is 0 Å². The van der Waals surface area contributed by atoms with Gasteiger partial charge in [0.15, 0.2) is 0 Å². The second-order valence-corrected chi connectivity index (χ2v) is 8.21. The minimum atomic E-state index is -0.312. The van der Waals surface area contributed by atoms with E-state index in [2.05, 4.69) is 20.2 Å². The smallest absolute Gasteiger partial charge is 0.287 e. The first kappa shape index (κ1) is 19.5. The van der Waals surface area contributed by atoms with Crippen LogP contribution in [-0.2, 0) is 11.8 Å². The van der Waals surface area contributed by atoms with Crippen LogP contribution in [0.25, 0.3) is 0 Å². The first-order chi connectivity index (χ1) is 13.3. The van der Waals surface area contributed by atoms with Gasteiger partial charge in [-0.1, -0.05) is 40.9 Å². The number of nitrogens with one attached hydrogen (secondary N) is 1. The Labute approximate surface area is 176 Å². The molecule has 4 heterocycles. The van der Waals surface area contributed by atoms with Gasteiger partial charge < -0.3 is 10.2 Å². The van der Waals surface area contributed by atoms with Crippen LogP contribution >= 0.6 is 34.8 Å². The van der Waals surface area contributed by atoms with E-state index in [0.717, 1.165) is 6.42 Å². The van der Waals surface area contributed by atoms with Crippen molar-refractivity contribution in [2.24, 2.45) is 7.05 Å². The third-order valence-corrected chi connectivity index (χ3v) is 6.47. The molecule has 3 aliphatic heterocycles. The fraction of sp³-hybridized carbons (Fsp3) is 0.389. The highest BCUT2D eigenvalue weighted by Gasteiger charge is 2.45. The van der Waals surface area contributed by atoms with Crippen LogP contribution in [0.3, 0.4) is 0 Å². The molecule has 148 valence electrons. The SMILES string of the molecule is Cn1ncc(N2CC3CC(C2)N3CC(=O)Nc2cccc(Cl)c2Cl)c(Cl)c1=O. The normalized spacial score (nSPS) is 21.4. The maximum Gasteiger partial charge on any atom is 0.287 e. The van der Waals surface area contributed by atoms with Gasteiger partial charge >= 0.3 is 0 Å². The Morgan fingerprint density at radius 1 is 1.21 bits per heavy atom. The van der Waals surface area contributed by atoms with Crippen LogP contribution in [0.1, 0.15) is 6.42 Å². The van der Waals surface area contributed by atoms with E-state index in [-0.39, 0.29) is 35.1 Å². The number of fused-ring (bicyclic) bond motifs is 2. The Kier molecular flexibility index (Phi) is 5.26. The van der Waals surface area contributed by atoms with Gasteiger partial charge in [0.2, 0.25) is 5.91 Å². The molecule has 0 spiro atoms. The van der Waals surface area contributed by atoms with Gasteiger partial charge in [0.25, 0.3) is 5.56 Å². The van der Waals surface area contributed by atoms with Gasteiger partial charge in [-0.05, 0) is 18.6 Å². The van der Waals surface area contributed by atoms with Crippen molar-refractivity contribution < 1.29 is 4.79 Å². The molecule has 7 nitrogen and oxygen atoms in total. The first-order valence-corrected chi connectivity index (χ1v) is 9.95. The van der Waals surface area contributed by atoms with Gasteiger partial charge in [0.05, 0.1) is 34.2 Å². The maximum absolute atomic E-state index is 12.5. The lowest BCUT2D eigenvalue weighted by molar-refractivity contribution is -0.121. The number of benzene rings is 1. The van der Waals surface area contributed by atoms with Crippen molar-refractivity contribution in [1.82, 2.24) is 14.7 Å². The molecule has 3 saturated heterocycles. The van der Waals surface area contributed by atoms with Crippen molar-refractivity contribution in [2.75, 3.05) is 29.9 Å². The Morgan fingerprint density at radius 3 is 2.64 bits per heavy atom. The molecule has 1 aromatic carbocycles. The van der Waals surface area contributed by atoms with E-state index in [1.54, 1.807) is 31.4 Å². The summed E-state index contributed by atoms with van der Waals surface area (Å²) in [5, 5.41) is 7.79. The molecule has 0 saturated carbocycles. The number of carbonyl (C=O) groups is 1. The van der Waals surface area contributed by atoms with Gasteiger partial charge in [-0.2, -0.15) is 5.10 Å². The number of hydrogen-bond acceptors (Lipinski definition) is 5. The minimum absolute atomic E-state index is 0.138. The highest BCUT2D eigenvalue weighted by Crippen LogP contribution is 2.36. The minimum Gasteiger partial charge on any atom is -0.366 e. The zero-order chi connectivity index (χ0) is 20.0. The molecule has 28 heavy (non-hydrogen) atoms. The summed E-state index contributed by atoms with van der Waals surface area (Å²) in [5.41, 5.74) is 0.840. The van der Waals surface area contributed by atoms with Crippen LogP contribution in [0, 0.1) is 0 Å². The molecule has 3 aliphatic rings. The summed E-state index contributed by atoms with van der Waals surface area (Å²) in [4.78, 5) is 28.7. The average Bonchev–Trinajstić information content (AvgIpc) is 2.68. The Balaban J connectivity index is 1.40. The number of piperazine rings is 1. The molecule has 2 unspecified atom stereocenters. The number of aryl methyl sites for hydroxylation is 1. The standard InChI is InChI=1S/C18H18Cl3N5O2/c1-24-18(28)17(21)14(6-22-24)25-7-10-5-11(8-25)26(10)9-15(27)23-13-4-2-3-12(19)16(13)20/h2-4,6,10-11H,5,7-9H2,1H3,(H,23,27). The summed E-state index contributed by atoms with van der Waals surface area (Å²) in [5.74, 6) is -0.138. The van der Waals surface area contributed by atoms with Gasteiger partial charge in [0.1, 0.15) is 5.02 Å². The first-order valence-electron chi connectivity index (χ1n) is 8.81. The third-order valence-electron chi connectivity index (χ3n) is 5.30. The summed E-state index contributed by atoms with van der Waals surface area (Å²) < 4.78 is 1.22. The number of halogens is 3. The predicted molar refractivity (Wildman–Crippen MR) is 111 cm³/mol. The number of hydrogen-bond donors (Lipinski definition) is 1. The molecule has 2 atom stereocenters. The van der Waals surface area contributed by atoms with E-state index in [4.69, 9.17) is 34.8 Å². The molecule has 1 N–H and O–H groups in total. The molecular weight excluding hydrogens is 425 g/mol. The Morgan fingerprint density at radius 2 is 1.93 bits per heavy atom. The zero-order valence-corrected chi connectivity index (χ0v) is 17.3. The van der Waals surface area contributed by atoms with Crippen LogP contribution in [0.4, 0.5) is 11.4 Å². The number of piperidine rings is 1. The highest BCUT2D eigenvalue weighted by atomic mass is 35.5. The predicted octanol–water partition coefficient (Wildman–Crippen LogP) is 2.64. The van der Waals surface area contributed by atoms with E-state index < -0.39 is 0 Å². The van der Waals surface area contributed by atoms with Crippen LogP contribution in [0.15, 0.2) is 29.2 Å². The molecule has 0 radical (unpaired) electrons. The van der Waals surface area contributed by atoms with Crippen molar-refractivity contribution in [1.29, 1.82) is 0 Å². The third kappa shape index (κ3) is 3.48. The molecule has 1 aromatic heterocycles. The molecule has 10 heteroatoms. The molecule has 2 aromatic rings. The van der Waals surface area contributed by atoms with Crippen molar-refractivity contribution in [3.05, 3.63) is 49.8 Å². The van der Waals surface area contributed by atoms with E-state index in [9.17, 15) is 9.59 Å². The van der Waals surface area contributed by atoms with Crippen LogP contribution in [-0.4, -0.2) is 52.3 Å². The average molecular weight is 443 g/mol. The van der Waals surface area contributed by atoms with Crippen LogP contribution in [0.5, 0.6) is 0 Å². The van der Waals surface area contributed by atoms with Gasteiger partial charge in [-0.25, -0.2) is 4.68 Å². The Bertz CT molecular complexity index is 984. The van der Waals surface area contributed by atoms with E-state index in [0.29, 0.717) is 34.5 Å². The molecule has 5 rings (SSSR count). The fourth-order valence-corrected chi connectivity index (χ4v) is 4.46. The fourth-order valence-electron chi connectivity index (χ4n) is 3.82. The highest BCUT2D eigenvalue weighted by molar-refractivity contribution is 6.44. The number of rotatable bonds is 4. The summed E-state index contributed by atoms with van der Waals surface area (Å²) in [6.45, 7) is 1.65. The second-order valence-electron chi connectivity index (χ2n) is 7.04. The number of aromatic nitrogens is 2. The van der Waals surface area contributed by atoms with Crippen molar-refractivity contribution in [3.8, 4) is 0 Å². The number of amides is 1. The Hall–Kier alpha value is -1.80. The molecule has 0 aliphatic carbocycles. The topological polar surface area (TPSA) is 70.5 Å². The lowest BCUT2D eigenvalue weighted by Gasteiger charge is -2.56. The van der Waals surface area contributed by atoms with Gasteiger partial charge in [-0.3, -0.25) is 14.5 Å². The van der Waals surface area contributed by atoms with E-state index in [1.165, 1.54) is 4.68 Å². The van der Waals surface area contributed by atoms with Crippen LogP contribution in [0.2, 0.25) is 15.1 Å². The monoisotopic (exact) mass is 441 g/mol. The summed E-state index contributed by atoms with van der Waals surface area (Å²) >= 11 is 18.3. The van der Waals surface area contributed by atoms with E-state index in [1.807, 2.05) is 0 Å². The van der Waals surface area contributed by atoms with Gasteiger partial charge in [0, 0.05) is 32.2 Å². The lowest BCUT2D eigenvalue weighted by atomic mass is 9.87. The lowest BCUT2D eigenvalue weighted by Crippen LogP contribution is -2.69. The summed E-state index contributed by atoms with van der Waals surface area (Å²) in [7, 11) is 1.57. The molecular formula is C18H18Cl3N5O2. The van der Waals surface area contributed by atoms with E-state index >= 15 is 0 Å². The van der Waals surface area contributed by atoms with Crippen molar-refractivity contribution >= 4 is 52.1 Å². The maximum atomic E-state index is 12.5. The molecule has 1 amide bonds. The van der Waals surface area contributed by atoms with Crippen molar-refractivity contribution in [2.45, 2.75) is 18.5 Å². The largest absolute Gasteiger partial charge is 0.366 e. The number of nitrogens with zero attached hydrogens (tertiary/aromatic N) is 4. The molecule has 3 fully saturated rings. The van der Waals surface area contributed by atoms with Crippen molar-refractivity contribution in [3.63, 3.8) is 0 Å². The molecule has 2 bridgehead atoms. The number of anilines is 2. The van der Waals surface area contributed by atoms with Crippen LogP contribution < -0.4 is 15.8 Å². The quantitative estimate of drug-likeness (QED) is 0.788. The zero-order valence-electron chi connectivity index (χ0n) is 15.0. The summed E-state index contributed by atoms with van der Waals surface area (Å²) in [6, 6.07) is 5.57.